The maximum Gasteiger partial charge on any atom is 0.307 e. The third-order valence-electron chi connectivity index (χ3n) is 1.81. The van der Waals surface area contributed by atoms with Crippen LogP contribution in [0.4, 0.5) is 0 Å². The summed E-state index contributed by atoms with van der Waals surface area (Å²) in [7, 11) is 0. The van der Waals surface area contributed by atoms with Crippen LogP contribution in [-0.2, 0) is 9.59 Å². The summed E-state index contributed by atoms with van der Waals surface area (Å²) in [6.07, 6.45) is 5.52. The molecule has 4 nitrogen and oxygen atoms in total. The second kappa shape index (κ2) is 7.12. The van der Waals surface area contributed by atoms with E-state index in [9.17, 15) is 9.59 Å². The molecule has 0 spiro atoms. The Hall–Kier alpha value is -1.32. The Morgan fingerprint density at radius 1 is 1.29 bits per heavy atom. The average molecular weight is 200 g/mol. The molecule has 0 bridgehead atoms. The summed E-state index contributed by atoms with van der Waals surface area (Å²) < 4.78 is 0. The molecule has 0 aromatic heterocycles. The highest BCUT2D eigenvalue weighted by Gasteiger charge is 2.18. The number of allylic oxidation sites excluding steroid dienone is 2. The van der Waals surface area contributed by atoms with Crippen LogP contribution < -0.4 is 0 Å². The molecule has 0 aliphatic carbocycles. The number of hydrogen-bond donors (Lipinski definition) is 2. The van der Waals surface area contributed by atoms with E-state index in [4.69, 9.17) is 10.2 Å². The van der Waals surface area contributed by atoms with E-state index < -0.39 is 17.9 Å². The Morgan fingerprint density at radius 3 is 2.36 bits per heavy atom. The predicted octanol–water partition coefficient (Wildman–Crippen LogP) is 1.91. The lowest BCUT2D eigenvalue weighted by Crippen LogP contribution is -2.16. The largest absolute Gasteiger partial charge is 0.481 e. The van der Waals surface area contributed by atoms with Crippen molar-refractivity contribution in [3.05, 3.63) is 12.2 Å². The molecule has 0 aromatic rings. The first kappa shape index (κ1) is 12.7. The van der Waals surface area contributed by atoms with E-state index in [1.807, 2.05) is 13.0 Å². The molecule has 1 unspecified atom stereocenters. The summed E-state index contributed by atoms with van der Waals surface area (Å²) in [6, 6.07) is 0. The highest BCUT2D eigenvalue weighted by molar-refractivity contribution is 5.77. The van der Waals surface area contributed by atoms with Crippen molar-refractivity contribution in [1.29, 1.82) is 0 Å². The van der Waals surface area contributed by atoms with Gasteiger partial charge in [-0.25, -0.2) is 0 Å². The summed E-state index contributed by atoms with van der Waals surface area (Å²) in [6.45, 7) is 2.02. The van der Waals surface area contributed by atoms with Gasteiger partial charge in [0.25, 0.3) is 0 Å². The van der Waals surface area contributed by atoms with E-state index in [0.29, 0.717) is 6.42 Å². The van der Waals surface area contributed by atoms with Crippen LogP contribution in [0.5, 0.6) is 0 Å². The van der Waals surface area contributed by atoms with Crippen LogP contribution in [-0.4, -0.2) is 22.2 Å². The molecule has 0 saturated carbocycles. The van der Waals surface area contributed by atoms with Gasteiger partial charge in [-0.15, -0.1) is 0 Å². The zero-order valence-electron chi connectivity index (χ0n) is 8.27. The van der Waals surface area contributed by atoms with Crippen LogP contribution in [0.3, 0.4) is 0 Å². The smallest absolute Gasteiger partial charge is 0.307 e. The van der Waals surface area contributed by atoms with Crippen molar-refractivity contribution in [2.45, 2.75) is 32.6 Å². The molecule has 0 aliphatic heterocycles. The topological polar surface area (TPSA) is 74.6 Å². The molecule has 0 fully saturated rings. The fourth-order valence-corrected chi connectivity index (χ4v) is 1.03. The van der Waals surface area contributed by atoms with Gasteiger partial charge < -0.3 is 10.2 Å². The minimum atomic E-state index is -1.07. The first-order valence-corrected chi connectivity index (χ1v) is 4.67. The number of rotatable bonds is 7. The van der Waals surface area contributed by atoms with Crippen LogP contribution in [0.15, 0.2) is 12.2 Å². The van der Waals surface area contributed by atoms with Gasteiger partial charge >= 0.3 is 11.9 Å². The molecule has 0 rings (SSSR count). The van der Waals surface area contributed by atoms with E-state index in [0.717, 1.165) is 12.8 Å². The van der Waals surface area contributed by atoms with E-state index in [1.165, 1.54) is 0 Å². The van der Waals surface area contributed by atoms with Gasteiger partial charge in [0.1, 0.15) is 0 Å². The molecule has 4 heteroatoms. The molecule has 0 heterocycles. The Balaban J connectivity index is 3.97. The van der Waals surface area contributed by atoms with Gasteiger partial charge in [-0.05, 0) is 12.8 Å². The van der Waals surface area contributed by atoms with Crippen LogP contribution in [0, 0.1) is 5.92 Å². The first-order chi connectivity index (χ1) is 6.57. The molecule has 1 atom stereocenters. The monoisotopic (exact) mass is 200 g/mol. The maximum absolute atomic E-state index is 10.6. The Kier molecular flexibility index (Phi) is 6.45. The van der Waals surface area contributed by atoms with Gasteiger partial charge in [-0.1, -0.05) is 25.5 Å². The number of carbonyl (C=O) groups is 2. The number of aliphatic carboxylic acids is 2. The maximum atomic E-state index is 10.6. The first-order valence-electron chi connectivity index (χ1n) is 4.67. The number of carboxylic acid groups (broad SMARTS) is 2. The van der Waals surface area contributed by atoms with E-state index in [-0.39, 0.29) is 6.42 Å². The van der Waals surface area contributed by atoms with E-state index in [1.54, 1.807) is 6.08 Å². The summed E-state index contributed by atoms with van der Waals surface area (Å²) >= 11 is 0. The summed E-state index contributed by atoms with van der Waals surface area (Å²) in [5.74, 6) is -2.92. The van der Waals surface area contributed by atoms with Crippen molar-refractivity contribution in [3.63, 3.8) is 0 Å². The number of unbranched alkanes of at least 4 members (excludes halogenated alkanes) is 1. The molecule has 14 heavy (non-hydrogen) atoms. The van der Waals surface area contributed by atoms with Crippen LogP contribution in [0.1, 0.15) is 32.6 Å². The summed E-state index contributed by atoms with van der Waals surface area (Å²) in [5.41, 5.74) is 0. The number of hydrogen-bond acceptors (Lipinski definition) is 2. The second-order valence-electron chi connectivity index (χ2n) is 3.13. The quantitative estimate of drug-likeness (QED) is 0.615. The van der Waals surface area contributed by atoms with Crippen LogP contribution in [0.2, 0.25) is 0 Å². The minimum absolute atomic E-state index is 0.293. The van der Waals surface area contributed by atoms with Gasteiger partial charge in [-0.2, -0.15) is 0 Å². The van der Waals surface area contributed by atoms with Crippen molar-refractivity contribution in [2.24, 2.45) is 5.92 Å². The average Bonchev–Trinajstić information content (AvgIpc) is 2.09. The third-order valence-corrected chi connectivity index (χ3v) is 1.81. The second-order valence-corrected chi connectivity index (χ2v) is 3.13. The minimum Gasteiger partial charge on any atom is -0.481 e. The summed E-state index contributed by atoms with van der Waals surface area (Å²) in [5, 5.41) is 17.1. The van der Waals surface area contributed by atoms with Crippen molar-refractivity contribution in [3.8, 4) is 0 Å². The van der Waals surface area contributed by atoms with Gasteiger partial charge in [-0.3, -0.25) is 9.59 Å². The van der Waals surface area contributed by atoms with Crippen molar-refractivity contribution in [1.82, 2.24) is 0 Å². The molecule has 0 amide bonds. The molecular formula is C10H16O4. The predicted molar refractivity (Wildman–Crippen MR) is 52.0 cm³/mol. The molecule has 2 N–H and O–H groups in total. The van der Waals surface area contributed by atoms with Crippen molar-refractivity contribution < 1.29 is 19.8 Å². The Bertz CT molecular complexity index is 220. The Labute approximate surface area is 83.2 Å². The lowest BCUT2D eigenvalue weighted by atomic mass is 10.0. The van der Waals surface area contributed by atoms with E-state index in [2.05, 4.69) is 0 Å². The fraction of sp³-hybridized carbons (Fsp3) is 0.600. The molecular weight excluding hydrogens is 184 g/mol. The SMILES string of the molecule is CCCC=CCC(CC(=O)O)C(=O)O. The molecule has 80 valence electrons. The normalized spacial score (nSPS) is 12.9. The van der Waals surface area contributed by atoms with Crippen LogP contribution in [0.25, 0.3) is 0 Å². The van der Waals surface area contributed by atoms with Gasteiger partial charge in [0.05, 0.1) is 12.3 Å². The zero-order chi connectivity index (χ0) is 11.0. The lowest BCUT2D eigenvalue weighted by Gasteiger charge is -2.05. The fourth-order valence-electron chi connectivity index (χ4n) is 1.03. The molecule has 0 aliphatic rings. The molecule has 0 saturated heterocycles. The summed E-state index contributed by atoms with van der Waals surface area (Å²) in [4.78, 5) is 20.9. The molecule has 0 aromatic carbocycles. The molecule has 0 radical (unpaired) electrons. The van der Waals surface area contributed by atoms with Gasteiger partial charge in [0.2, 0.25) is 0 Å². The zero-order valence-corrected chi connectivity index (χ0v) is 8.27. The lowest BCUT2D eigenvalue weighted by molar-refractivity contribution is -0.148. The number of carboxylic acids is 2. The third kappa shape index (κ3) is 6.22. The van der Waals surface area contributed by atoms with Gasteiger partial charge in [0.15, 0.2) is 0 Å². The van der Waals surface area contributed by atoms with Crippen LogP contribution >= 0.6 is 0 Å². The highest BCUT2D eigenvalue weighted by Crippen LogP contribution is 2.10. The van der Waals surface area contributed by atoms with Gasteiger partial charge in [0, 0.05) is 0 Å². The van der Waals surface area contributed by atoms with Crippen molar-refractivity contribution >= 4 is 11.9 Å². The van der Waals surface area contributed by atoms with E-state index >= 15 is 0 Å². The van der Waals surface area contributed by atoms with Crippen molar-refractivity contribution in [2.75, 3.05) is 0 Å². The standard InChI is InChI=1S/C10H16O4/c1-2-3-4-5-6-8(10(13)14)7-9(11)12/h4-5,8H,2-3,6-7H2,1H3,(H,11,12)(H,13,14). The Morgan fingerprint density at radius 2 is 1.93 bits per heavy atom. The highest BCUT2D eigenvalue weighted by atomic mass is 16.4.